The summed E-state index contributed by atoms with van der Waals surface area (Å²) >= 11 is 1.31. The van der Waals surface area contributed by atoms with Crippen LogP contribution in [0.1, 0.15) is 24.3 Å². The first-order chi connectivity index (χ1) is 14.1. The van der Waals surface area contributed by atoms with E-state index < -0.39 is 0 Å². The molecule has 6 nitrogen and oxygen atoms in total. The predicted octanol–water partition coefficient (Wildman–Crippen LogP) is 4.45. The van der Waals surface area contributed by atoms with Crippen molar-refractivity contribution in [2.45, 2.75) is 19.1 Å². The van der Waals surface area contributed by atoms with Crippen LogP contribution in [0.5, 0.6) is 0 Å². The van der Waals surface area contributed by atoms with Crippen molar-refractivity contribution >= 4 is 34.6 Å². The van der Waals surface area contributed by atoms with Crippen LogP contribution in [0.2, 0.25) is 0 Å². The van der Waals surface area contributed by atoms with E-state index in [9.17, 15) is 9.18 Å². The Labute approximate surface area is 171 Å². The fourth-order valence-corrected chi connectivity index (χ4v) is 3.58. The molecular weight excluding hydrogens is 391 g/mol. The molecule has 1 aliphatic heterocycles. The van der Waals surface area contributed by atoms with Gasteiger partial charge in [0.25, 0.3) is 5.91 Å². The Morgan fingerprint density at radius 2 is 1.79 bits per heavy atom. The number of halogens is 1. The van der Waals surface area contributed by atoms with Crippen molar-refractivity contribution in [1.82, 2.24) is 10.2 Å². The van der Waals surface area contributed by atoms with E-state index in [0.717, 1.165) is 5.56 Å². The smallest absolute Gasteiger partial charge is 0.283 e. The second-order valence-corrected chi connectivity index (χ2v) is 7.13. The average molecular weight is 408 g/mol. The molecule has 146 valence electrons. The van der Waals surface area contributed by atoms with Gasteiger partial charge in [-0.05, 0) is 35.9 Å². The number of aliphatic imine (C=N–C) groups is 1. The fraction of sp³-hybridized carbons (Fsp3) is 0.143. The van der Waals surface area contributed by atoms with E-state index in [1.165, 1.54) is 28.8 Å². The summed E-state index contributed by atoms with van der Waals surface area (Å²) in [5.41, 5.74) is 1.72. The summed E-state index contributed by atoms with van der Waals surface area (Å²) in [4.78, 5) is 19.0. The first-order valence-electron chi connectivity index (χ1n) is 9.03. The summed E-state index contributed by atoms with van der Waals surface area (Å²) in [6.07, 6.45) is 2.39. The number of nitrogens with zero attached hydrogens (tertiary/aromatic N) is 4. The number of amides is 1. The summed E-state index contributed by atoms with van der Waals surface area (Å²) < 4.78 is 18.9. The first-order valence-corrected chi connectivity index (χ1v) is 10.0. The lowest BCUT2D eigenvalue weighted by atomic mass is 10.2. The van der Waals surface area contributed by atoms with Gasteiger partial charge in [0.15, 0.2) is 5.17 Å². The number of benzene rings is 2. The van der Waals surface area contributed by atoms with Crippen molar-refractivity contribution in [3.8, 4) is 0 Å². The van der Waals surface area contributed by atoms with E-state index in [1.807, 2.05) is 37.3 Å². The molecule has 0 saturated carbocycles. The van der Waals surface area contributed by atoms with Gasteiger partial charge in [0.1, 0.15) is 11.5 Å². The third kappa shape index (κ3) is 4.27. The zero-order valence-corrected chi connectivity index (χ0v) is 16.4. The molecule has 0 bridgehead atoms. The van der Waals surface area contributed by atoms with E-state index >= 15 is 0 Å². The molecule has 1 aromatic heterocycles. The normalized spacial score (nSPS) is 15.2. The second-order valence-electron chi connectivity index (χ2n) is 6.18. The molecule has 29 heavy (non-hydrogen) atoms. The third-order valence-corrected chi connectivity index (χ3v) is 5.08. The number of amidine groups is 1. The van der Waals surface area contributed by atoms with Gasteiger partial charge in [-0.1, -0.05) is 49.0 Å². The maximum atomic E-state index is 13.4. The molecule has 0 atom stereocenters. The minimum absolute atomic E-state index is 0.275. The van der Waals surface area contributed by atoms with Crippen molar-refractivity contribution in [2.24, 2.45) is 4.99 Å². The summed E-state index contributed by atoms with van der Waals surface area (Å²) in [5, 5.41) is 8.42. The monoisotopic (exact) mass is 408 g/mol. The number of hydrogen-bond acceptors (Lipinski definition) is 6. The number of anilines is 1. The summed E-state index contributed by atoms with van der Waals surface area (Å²) in [7, 11) is 0. The Bertz CT molecular complexity index is 1080. The quantitative estimate of drug-likeness (QED) is 0.584. The minimum atomic E-state index is -0.371. The predicted molar refractivity (Wildman–Crippen MR) is 111 cm³/mol. The Kier molecular flexibility index (Phi) is 5.53. The summed E-state index contributed by atoms with van der Waals surface area (Å²) in [6.45, 7) is 1.93. The van der Waals surface area contributed by atoms with Gasteiger partial charge in [-0.15, -0.1) is 10.2 Å². The third-order valence-electron chi connectivity index (χ3n) is 4.15. The molecule has 1 aliphatic rings. The van der Waals surface area contributed by atoms with Crippen LogP contribution in [0.25, 0.3) is 6.08 Å². The average Bonchev–Trinajstić information content (AvgIpc) is 3.33. The van der Waals surface area contributed by atoms with Gasteiger partial charge in [0, 0.05) is 6.42 Å². The molecule has 0 aliphatic carbocycles. The number of carbonyl (C=O) groups is 1. The molecule has 0 radical (unpaired) electrons. The Morgan fingerprint density at radius 1 is 1.07 bits per heavy atom. The van der Waals surface area contributed by atoms with Gasteiger partial charge in [0.2, 0.25) is 11.8 Å². The van der Waals surface area contributed by atoms with E-state index in [-0.39, 0.29) is 11.7 Å². The highest BCUT2D eigenvalue weighted by Crippen LogP contribution is 2.30. The first kappa shape index (κ1) is 19.1. The number of carbonyl (C=O) groups excluding carboxylic acids is 1. The summed E-state index contributed by atoms with van der Waals surface area (Å²) in [6, 6.07) is 15.2. The number of rotatable bonds is 5. The summed E-state index contributed by atoms with van der Waals surface area (Å²) in [5.74, 6) is 0.744. The van der Waals surface area contributed by atoms with Gasteiger partial charge < -0.3 is 4.42 Å². The van der Waals surface area contributed by atoms with Crippen molar-refractivity contribution in [3.05, 3.63) is 83.5 Å². The molecule has 8 heteroatoms. The standard InChI is InChI=1S/C21H17FN4O2S/c1-2-18-24-25-19(28-18)13-29-21-23-17(12-14-6-4-3-5-7-14)20(27)26(21)16-10-8-15(22)9-11-16/h3-12H,2,13H2,1H3/b17-12+. The SMILES string of the molecule is CCc1nnc(CSC2=N/C(=C/c3ccccc3)C(=O)N2c2ccc(F)cc2)o1. The zero-order valence-electron chi connectivity index (χ0n) is 15.6. The highest BCUT2D eigenvalue weighted by molar-refractivity contribution is 8.13. The molecule has 0 unspecified atom stereocenters. The van der Waals surface area contributed by atoms with Crippen molar-refractivity contribution < 1.29 is 13.6 Å². The van der Waals surface area contributed by atoms with E-state index in [1.54, 1.807) is 18.2 Å². The molecule has 0 spiro atoms. The highest BCUT2D eigenvalue weighted by Gasteiger charge is 2.32. The van der Waals surface area contributed by atoms with E-state index in [4.69, 9.17) is 4.42 Å². The van der Waals surface area contributed by atoms with Crippen LogP contribution in [0, 0.1) is 5.82 Å². The molecular formula is C21H17FN4O2S. The van der Waals surface area contributed by atoms with Gasteiger partial charge in [0.05, 0.1) is 11.4 Å². The maximum absolute atomic E-state index is 13.4. The van der Waals surface area contributed by atoms with Crippen LogP contribution >= 0.6 is 11.8 Å². The largest absolute Gasteiger partial charge is 0.424 e. The highest BCUT2D eigenvalue weighted by atomic mass is 32.2. The number of aromatic nitrogens is 2. The van der Waals surface area contributed by atoms with Crippen LogP contribution in [-0.4, -0.2) is 21.3 Å². The molecule has 4 rings (SSSR count). The molecule has 0 fully saturated rings. The van der Waals surface area contributed by atoms with E-state index in [0.29, 0.717) is 40.5 Å². The topological polar surface area (TPSA) is 71.6 Å². The number of aryl methyl sites for hydroxylation is 1. The lowest BCUT2D eigenvalue weighted by Gasteiger charge is -2.17. The van der Waals surface area contributed by atoms with Crippen LogP contribution in [0.4, 0.5) is 10.1 Å². The van der Waals surface area contributed by atoms with Crippen LogP contribution in [-0.2, 0) is 17.0 Å². The van der Waals surface area contributed by atoms with Crippen LogP contribution in [0.3, 0.4) is 0 Å². The lowest BCUT2D eigenvalue weighted by Crippen LogP contribution is -2.30. The Morgan fingerprint density at radius 3 is 2.48 bits per heavy atom. The molecule has 2 heterocycles. The Balaban J connectivity index is 1.64. The van der Waals surface area contributed by atoms with Gasteiger partial charge in [-0.2, -0.15) is 0 Å². The van der Waals surface area contributed by atoms with Gasteiger partial charge >= 0.3 is 0 Å². The number of thioether (sulfide) groups is 1. The van der Waals surface area contributed by atoms with Crippen molar-refractivity contribution in [1.29, 1.82) is 0 Å². The molecule has 1 amide bonds. The number of hydrogen-bond donors (Lipinski definition) is 0. The molecule has 0 N–H and O–H groups in total. The van der Waals surface area contributed by atoms with Gasteiger partial charge in [-0.25, -0.2) is 9.38 Å². The minimum Gasteiger partial charge on any atom is -0.424 e. The zero-order chi connectivity index (χ0) is 20.2. The van der Waals surface area contributed by atoms with Crippen molar-refractivity contribution in [3.63, 3.8) is 0 Å². The Hall–Kier alpha value is -3.26. The van der Waals surface area contributed by atoms with Crippen LogP contribution < -0.4 is 4.90 Å². The molecule has 3 aromatic rings. The van der Waals surface area contributed by atoms with Gasteiger partial charge in [-0.3, -0.25) is 9.69 Å². The second kappa shape index (κ2) is 8.40. The molecule has 2 aromatic carbocycles. The molecule has 0 saturated heterocycles. The fourth-order valence-electron chi connectivity index (χ4n) is 2.73. The van der Waals surface area contributed by atoms with Crippen molar-refractivity contribution in [2.75, 3.05) is 4.90 Å². The van der Waals surface area contributed by atoms with Crippen LogP contribution in [0.15, 0.2) is 69.7 Å². The maximum Gasteiger partial charge on any atom is 0.283 e. The lowest BCUT2D eigenvalue weighted by molar-refractivity contribution is -0.113. The van der Waals surface area contributed by atoms with E-state index in [2.05, 4.69) is 15.2 Å².